The lowest BCUT2D eigenvalue weighted by Crippen LogP contribution is -2.37. The zero-order valence-electron chi connectivity index (χ0n) is 13.7. The third-order valence-corrected chi connectivity index (χ3v) is 6.57. The average molecular weight is 400 g/mol. The number of fused-ring (bicyclic) bond motifs is 1. The van der Waals surface area contributed by atoms with Crippen molar-refractivity contribution in [1.82, 2.24) is 14.5 Å². The predicted molar refractivity (Wildman–Crippen MR) is 98.6 cm³/mol. The van der Waals surface area contributed by atoms with Gasteiger partial charge in [-0.1, -0.05) is 53.8 Å². The summed E-state index contributed by atoms with van der Waals surface area (Å²) in [5.74, 6) is -1.39. The van der Waals surface area contributed by atoms with Gasteiger partial charge in [-0.2, -0.15) is 0 Å². The molecule has 0 aliphatic carbocycles. The molecule has 10 heteroatoms. The van der Waals surface area contributed by atoms with Gasteiger partial charge in [0.15, 0.2) is 0 Å². The van der Waals surface area contributed by atoms with Gasteiger partial charge in [-0.3, -0.25) is 14.9 Å². The van der Waals surface area contributed by atoms with Crippen molar-refractivity contribution in [3.8, 4) is 10.6 Å². The molecule has 2 heterocycles. The second kappa shape index (κ2) is 6.56. The molecule has 1 aliphatic heterocycles. The largest absolute Gasteiger partial charge is 0.299 e. The molecule has 27 heavy (non-hydrogen) atoms. The summed E-state index contributed by atoms with van der Waals surface area (Å²) in [6.07, 6.45) is 0. The minimum Gasteiger partial charge on any atom is -0.299 e. The molecule has 0 spiro atoms. The van der Waals surface area contributed by atoms with Gasteiger partial charge in [0, 0.05) is 5.56 Å². The van der Waals surface area contributed by atoms with Gasteiger partial charge in [0.2, 0.25) is 11.0 Å². The van der Waals surface area contributed by atoms with Crippen LogP contribution < -0.4 is 5.32 Å². The second-order valence-electron chi connectivity index (χ2n) is 5.64. The summed E-state index contributed by atoms with van der Waals surface area (Å²) in [5, 5.41) is 11.2. The summed E-state index contributed by atoms with van der Waals surface area (Å²) in [7, 11) is -4.03. The first kappa shape index (κ1) is 17.3. The number of sulfonamides is 1. The Kier molecular flexibility index (Phi) is 4.21. The van der Waals surface area contributed by atoms with Crippen LogP contribution in [0.1, 0.15) is 10.4 Å². The summed E-state index contributed by atoms with van der Waals surface area (Å²) in [5.41, 5.74) is 0.913. The molecule has 0 saturated heterocycles. The summed E-state index contributed by atoms with van der Waals surface area (Å²) in [6, 6.07) is 15.2. The Bertz CT molecular complexity index is 1140. The van der Waals surface area contributed by atoms with Crippen molar-refractivity contribution < 1.29 is 18.0 Å². The van der Waals surface area contributed by atoms with Gasteiger partial charge in [-0.05, 0) is 12.1 Å². The van der Waals surface area contributed by atoms with E-state index in [1.807, 2.05) is 30.3 Å². The Hall–Kier alpha value is -3.11. The Morgan fingerprint density at radius 1 is 1.04 bits per heavy atom. The van der Waals surface area contributed by atoms with Crippen molar-refractivity contribution in [2.75, 3.05) is 11.9 Å². The SMILES string of the molecule is O=C(CN1C(=O)c2ccccc2S1(=O)=O)Nc1nnc(-c2ccccc2)s1. The van der Waals surface area contributed by atoms with E-state index >= 15 is 0 Å². The first-order valence-corrected chi connectivity index (χ1v) is 10.1. The van der Waals surface area contributed by atoms with Crippen LogP contribution in [0.5, 0.6) is 0 Å². The van der Waals surface area contributed by atoms with Crippen LogP contribution in [0.2, 0.25) is 0 Å². The van der Waals surface area contributed by atoms with Crippen molar-refractivity contribution >= 4 is 38.3 Å². The van der Waals surface area contributed by atoms with E-state index in [4.69, 9.17) is 0 Å². The first-order valence-electron chi connectivity index (χ1n) is 7.82. The van der Waals surface area contributed by atoms with Crippen LogP contribution in [0.25, 0.3) is 10.6 Å². The maximum atomic E-state index is 12.5. The number of carbonyl (C=O) groups excluding carboxylic acids is 2. The van der Waals surface area contributed by atoms with E-state index in [9.17, 15) is 18.0 Å². The molecule has 3 aromatic rings. The van der Waals surface area contributed by atoms with E-state index < -0.39 is 28.4 Å². The molecule has 2 amide bonds. The highest BCUT2D eigenvalue weighted by atomic mass is 32.2. The number of anilines is 1. The fourth-order valence-corrected chi connectivity index (χ4v) is 4.94. The number of carbonyl (C=O) groups is 2. The van der Waals surface area contributed by atoms with Gasteiger partial charge in [-0.25, -0.2) is 12.7 Å². The highest BCUT2D eigenvalue weighted by Crippen LogP contribution is 2.30. The van der Waals surface area contributed by atoms with E-state index in [1.165, 1.54) is 18.2 Å². The van der Waals surface area contributed by atoms with E-state index in [0.717, 1.165) is 16.9 Å². The molecule has 136 valence electrons. The van der Waals surface area contributed by atoms with Crippen molar-refractivity contribution in [2.24, 2.45) is 0 Å². The van der Waals surface area contributed by atoms with Gasteiger partial charge >= 0.3 is 0 Å². The highest BCUT2D eigenvalue weighted by Gasteiger charge is 2.41. The Morgan fingerprint density at radius 3 is 2.48 bits per heavy atom. The molecule has 0 saturated carbocycles. The lowest BCUT2D eigenvalue weighted by atomic mass is 10.2. The quantitative estimate of drug-likeness (QED) is 0.717. The summed E-state index contributed by atoms with van der Waals surface area (Å²) < 4.78 is 25.5. The van der Waals surface area contributed by atoms with E-state index in [-0.39, 0.29) is 15.6 Å². The number of hydrogen-bond donors (Lipinski definition) is 1. The number of rotatable bonds is 4. The fraction of sp³-hybridized carbons (Fsp3) is 0.0588. The summed E-state index contributed by atoms with van der Waals surface area (Å²) in [6.45, 7) is -0.629. The molecule has 0 atom stereocenters. The van der Waals surface area contributed by atoms with Crippen LogP contribution in [0.4, 0.5) is 5.13 Å². The lowest BCUT2D eigenvalue weighted by molar-refractivity contribution is -0.116. The Morgan fingerprint density at radius 2 is 1.74 bits per heavy atom. The first-order chi connectivity index (χ1) is 13.0. The maximum absolute atomic E-state index is 12.5. The molecule has 0 fully saturated rings. The number of nitrogens with zero attached hydrogens (tertiary/aromatic N) is 3. The van der Waals surface area contributed by atoms with Crippen LogP contribution in [0.3, 0.4) is 0 Å². The van der Waals surface area contributed by atoms with Crippen LogP contribution in [0.15, 0.2) is 59.5 Å². The number of hydrogen-bond acceptors (Lipinski definition) is 7. The average Bonchev–Trinajstić information content (AvgIpc) is 3.20. The molecule has 0 bridgehead atoms. The summed E-state index contributed by atoms with van der Waals surface area (Å²) >= 11 is 1.15. The Balaban J connectivity index is 1.50. The second-order valence-corrected chi connectivity index (χ2v) is 8.45. The maximum Gasteiger partial charge on any atom is 0.269 e. The molecule has 0 radical (unpaired) electrons. The zero-order valence-corrected chi connectivity index (χ0v) is 15.3. The van der Waals surface area contributed by atoms with E-state index in [1.54, 1.807) is 6.07 Å². The van der Waals surface area contributed by atoms with Gasteiger partial charge in [-0.15, -0.1) is 10.2 Å². The molecular weight excluding hydrogens is 388 g/mol. The topological polar surface area (TPSA) is 109 Å². The highest BCUT2D eigenvalue weighted by molar-refractivity contribution is 7.90. The Labute approximate surface area is 158 Å². The minimum absolute atomic E-state index is 0.0626. The zero-order chi connectivity index (χ0) is 19.0. The van der Waals surface area contributed by atoms with Crippen molar-refractivity contribution in [3.05, 3.63) is 60.2 Å². The number of nitrogens with one attached hydrogen (secondary N) is 1. The smallest absolute Gasteiger partial charge is 0.269 e. The van der Waals surface area contributed by atoms with Crippen LogP contribution >= 0.6 is 11.3 Å². The molecular formula is C17H12N4O4S2. The van der Waals surface area contributed by atoms with Crippen molar-refractivity contribution in [2.45, 2.75) is 4.90 Å². The molecule has 0 unspecified atom stereocenters. The third kappa shape index (κ3) is 3.09. The van der Waals surface area contributed by atoms with Crippen LogP contribution in [-0.4, -0.2) is 41.3 Å². The number of aromatic nitrogens is 2. The number of benzene rings is 2. The minimum atomic E-state index is -4.03. The van der Waals surface area contributed by atoms with Gasteiger partial charge in [0.25, 0.3) is 15.9 Å². The van der Waals surface area contributed by atoms with E-state index in [2.05, 4.69) is 15.5 Å². The molecule has 1 aliphatic rings. The van der Waals surface area contributed by atoms with Gasteiger partial charge in [0.05, 0.1) is 5.56 Å². The van der Waals surface area contributed by atoms with Crippen molar-refractivity contribution in [1.29, 1.82) is 0 Å². The standard InChI is InChI=1S/C17H12N4O4S2/c22-14(18-17-20-19-15(26-17)11-6-2-1-3-7-11)10-21-16(23)12-8-4-5-9-13(12)27(21,24)25/h1-9H,10H2,(H,18,20,22). The van der Waals surface area contributed by atoms with Gasteiger partial charge < -0.3 is 0 Å². The van der Waals surface area contributed by atoms with Crippen LogP contribution in [0, 0.1) is 0 Å². The monoisotopic (exact) mass is 400 g/mol. The summed E-state index contributed by atoms with van der Waals surface area (Å²) in [4.78, 5) is 24.5. The predicted octanol–water partition coefficient (Wildman–Crippen LogP) is 1.99. The van der Waals surface area contributed by atoms with Crippen molar-refractivity contribution in [3.63, 3.8) is 0 Å². The number of amides is 2. The van der Waals surface area contributed by atoms with Crippen LogP contribution in [-0.2, 0) is 14.8 Å². The molecule has 1 aromatic heterocycles. The fourth-order valence-electron chi connectivity index (χ4n) is 2.65. The normalized spacial score (nSPS) is 14.8. The lowest BCUT2D eigenvalue weighted by Gasteiger charge is -2.13. The van der Waals surface area contributed by atoms with Gasteiger partial charge in [0.1, 0.15) is 16.4 Å². The van der Waals surface area contributed by atoms with E-state index in [0.29, 0.717) is 9.31 Å². The molecule has 1 N–H and O–H groups in total. The molecule has 8 nitrogen and oxygen atoms in total. The third-order valence-electron chi connectivity index (χ3n) is 3.89. The molecule has 4 rings (SSSR count). The molecule has 2 aromatic carbocycles.